The van der Waals surface area contributed by atoms with E-state index in [0.717, 1.165) is 12.6 Å². The van der Waals surface area contributed by atoms with Crippen LogP contribution in [0.25, 0.3) is 0 Å². The highest BCUT2D eigenvalue weighted by atomic mass is 31.2. The maximum absolute atomic E-state index is 13.8. The van der Waals surface area contributed by atoms with Crippen molar-refractivity contribution in [2.75, 3.05) is 12.7 Å². The van der Waals surface area contributed by atoms with Crippen molar-refractivity contribution < 1.29 is 29.3 Å². The summed E-state index contributed by atoms with van der Waals surface area (Å²) in [6.07, 6.45) is 1.59. The van der Waals surface area contributed by atoms with Gasteiger partial charge in [-0.15, -0.1) is 0 Å². The summed E-state index contributed by atoms with van der Waals surface area (Å²) in [6.45, 7) is 0.447. The molecule has 246 valence electrons. The van der Waals surface area contributed by atoms with Crippen molar-refractivity contribution in [1.82, 2.24) is 5.32 Å². The molecule has 0 radical (unpaired) electrons. The van der Waals surface area contributed by atoms with E-state index in [1.165, 1.54) is 40.2 Å². The summed E-state index contributed by atoms with van der Waals surface area (Å²) in [5, 5.41) is 27.5. The number of nitrogens with one attached hydrogen (secondary N) is 1. The fourth-order valence-electron chi connectivity index (χ4n) is 7.34. The van der Waals surface area contributed by atoms with Gasteiger partial charge in [0.1, 0.15) is 46.2 Å². The number of phenols is 2. The van der Waals surface area contributed by atoms with Gasteiger partial charge in [0.15, 0.2) is 5.60 Å². The molecule has 6 aromatic rings. The van der Waals surface area contributed by atoms with Crippen LogP contribution in [0.5, 0.6) is 23.0 Å². The molecule has 1 spiro atoms. The molecule has 3 N–H and O–H groups in total. The molecule has 0 atom stereocenters. The van der Waals surface area contributed by atoms with Gasteiger partial charge in [0.25, 0.3) is 5.91 Å². The number of esters is 1. The third-order valence-corrected chi connectivity index (χ3v) is 14.1. The molecule has 2 aliphatic rings. The summed E-state index contributed by atoms with van der Waals surface area (Å²) in [7, 11) is -2.05. The molecule has 8 heteroatoms. The normalized spacial score (nSPS) is 13.8. The van der Waals surface area contributed by atoms with Crippen LogP contribution in [0.3, 0.4) is 0 Å². The molecule has 1 amide bonds. The number of phenolic OH excluding ortho intramolecular Hbond substituents is 2. The average molecular weight is 679 g/mol. The van der Waals surface area contributed by atoms with Gasteiger partial charge in [0.05, 0.1) is 11.7 Å². The first-order valence-electron chi connectivity index (χ1n) is 16.5. The number of amides is 1. The zero-order valence-corrected chi connectivity index (χ0v) is 27.8. The average Bonchev–Trinajstić information content (AvgIpc) is 3.43. The number of hydrogen-bond acceptors (Lipinski definition) is 6. The van der Waals surface area contributed by atoms with Crippen LogP contribution in [-0.2, 0) is 10.3 Å². The highest BCUT2D eigenvalue weighted by molar-refractivity contribution is 7.95. The SMILES string of the molecule is O=C(NCCC[P+](c1ccccc1)(c1ccccc1)c1ccccc1)c1ccc2c(c1)C1(OC2=O)c2ccc(O)cc2Oc2cc(O)ccc21. The Hall–Kier alpha value is -5.91. The second kappa shape index (κ2) is 12.5. The van der Waals surface area contributed by atoms with Gasteiger partial charge in [-0.05, 0) is 85.3 Å². The van der Waals surface area contributed by atoms with Crippen molar-refractivity contribution in [2.24, 2.45) is 0 Å². The summed E-state index contributed by atoms with van der Waals surface area (Å²) in [4.78, 5) is 27.2. The molecule has 0 saturated carbocycles. The molecule has 0 fully saturated rings. The summed E-state index contributed by atoms with van der Waals surface area (Å²) >= 11 is 0. The topological polar surface area (TPSA) is 105 Å². The molecule has 0 aliphatic carbocycles. The minimum Gasteiger partial charge on any atom is -0.508 e. The largest absolute Gasteiger partial charge is 0.508 e. The van der Waals surface area contributed by atoms with Gasteiger partial charge in [-0.2, -0.15) is 0 Å². The summed E-state index contributed by atoms with van der Waals surface area (Å²) in [6, 6.07) is 46.1. The molecule has 2 heterocycles. The van der Waals surface area contributed by atoms with Crippen LogP contribution in [0, 0.1) is 0 Å². The highest BCUT2D eigenvalue weighted by Gasteiger charge is 2.54. The first kappa shape index (κ1) is 31.4. The van der Waals surface area contributed by atoms with Gasteiger partial charge in [-0.1, -0.05) is 54.6 Å². The third-order valence-electron chi connectivity index (χ3n) is 9.58. The van der Waals surface area contributed by atoms with Crippen molar-refractivity contribution in [3.63, 3.8) is 0 Å². The molecule has 6 aromatic carbocycles. The van der Waals surface area contributed by atoms with Crippen LogP contribution < -0.4 is 26.0 Å². The van der Waals surface area contributed by atoms with E-state index >= 15 is 0 Å². The van der Waals surface area contributed by atoms with E-state index in [4.69, 9.17) is 9.47 Å². The molecular weight excluding hydrogens is 645 g/mol. The smallest absolute Gasteiger partial charge is 0.340 e. The number of hydrogen-bond donors (Lipinski definition) is 3. The predicted molar refractivity (Wildman–Crippen MR) is 195 cm³/mol. The second-order valence-corrected chi connectivity index (χ2v) is 16.1. The zero-order valence-electron chi connectivity index (χ0n) is 27.0. The Morgan fingerprint density at radius 1 is 0.640 bits per heavy atom. The molecular formula is C42H33NO6P+. The Bertz CT molecular complexity index is 2090. The van der Waals surface area contributed by atoms with Crippen molar-refractivity contribution in [1.29, 1.82) is 0 Å². The molecule has 0 aromatic heterocycles. The second-order valence-electron chi connectivity index (χ2n) is 12.4. The third kappa shape index (κ3) is 5.10. The molecule has 8 rings (SSSR count). The maximum atomic E-state index is 13.8. The highest BCUT2D eigenvalue weighted by Crippen LogP contribution is 2.58. The van der Waals surface area contributed by atoms with Gasteiger partial charge in [-0.3, -0.25) is 4.79 Å². The first-order chi connectivity index (χ1) is 24.4. The standard InChI is InChI=1S/C42H32NO6P/c44-29-18-21-35-38(26-29)48-39-27-30(45)19-22-36(39)42(35)37-25-28(17-20-34(37)41(47)49-42)40(46)43-23-10-24-50(31-11-4-1-5-12-31,32-13-6-2-7-14-32)33-15-8-3-9-16-33/h1-9,11-22,25-27H,10,23-24H2,(H2-,43,44,45,46)/p+1. The lowest BCUT2D eigenvalue weighted by Gasteiger charge is -2.36. The van der Waals surface area contributed by atoms with E-state index in [0.29, 0.717) is 34.4 Å². The molecule has 7 nitrogen and oxygen atoms in total. The monoisotopic (exact) mass is 678 g/mol. The fraction of sp³-hybridized carbons (Fsp3) is 0.0952. The lowest BCUT2D eigenvalue weighted by Crippen LogP contribution is -2.35. The number of carbonyl (C=O) groups is 2. The van der Waals surface area contributed by atoms with E-state index < -0.39 is 18.8 Å². The molecule has 0 bridgehead atoms. The summed E-state index contributed by atoms with van der Waals surface area (Å²) in [5.74, 6) is -0.317. The predicted octanol–water partition coefficient (Wildman–Crippen LogP) is 6.78. The Morgan fingerprint density at radius 3 is 1.68 bits per heavy atom. The number of fused-ring (bicyclic) bond motifs is 6. The van der Waals surface area contributed by atoms with Crippen LogP contribution in [0.1, 0.15) is 43.8 Å². The van der Waals surface area contributed by atoms with Crippen LogP contribution in [0.15, 0.2) is 146 Å². The van der Waals surface area contributed by atoms with Gasteiger partial charge in [-0.25, -0.2) is 4.79 Å². The maximum Gasteiger partial charge on any atom is 0.340 e. The van der Waals surface area contributed by atoms with Gasteiger partial charge in [0.2, 0.25) is 0 Å². The summed E-state index contributed by atoms with van der Waals surface area (Å²) < 4.78 is 12.2. The van der Waals surface area contributed by atoms with Gasteiger partial charge >= 0.3 is 5.97 Å². The van der Waals surface area contributed by atoms with Crippen molar-refractivity contribution in [2.45, 2.75) is 12.0 Å². The lowest BCUT2D eigenvalue weighted by molar-refractivity contribution is 0.0224. The minimum atomic E-state index is -2.05. The number of ether oxygens (including phenoxy) is 2. The molecule has 0 unspecified atom stereocenters. The minimum absolute atomic E-state index is 0.0292. The van der Waals surface area contributed by atoms with E-state index in [1.54, 1.807) is 30.3 Å². The zero-order chi connectivity index (χ0) is 34.3. The Morgan fingerprint density at radius 2 is 1.16 bits per heavy atom. The van der Waals surface area contributed by atoms with Crippen LogP contribution >= 0.6 is 7.26 Å². The van der Waals surface area contributed by atoms with Crippen molar-refractivity contribution in [3.8, 4) is 23.0 Å². The molecule has 2 aliphatic heterocycles. The Labute approximate surface area is 290 Å². The number of benzene rings is 6. The number of carbonyl (C=O) groups excluding carboxylic acids is 2. The van der Waals surface area contributed by atoms with Crippen LogP contribution in [0.4, 0.5) is 0 Å². The van der Waals surface area contributed by atoms with E-state index in [9.17, 15) is 19.8 Å². The first-order valence-corrected chi connectivity index (χ1v) is 18.4. The Kier molecular flexibility index (Phi) is 7.85. The summed E-state index contributed by atoms with van der Waals surface area (Å²) in [5.41, 5.74) is 0.744. The number of aromatic hydroxyl groups is 2. The van der Waals surface area contributed by atoms with E-state index in [1.807, 2.05) is 18.2 Å². The number of rotatable bonds is 8. The quantitative estimate of drug-likeness (QED) is 0.0932. The molecule has 0 saturated heterocycles. The van der Waals surface area contributed by atoms with E-state index in [-0.39, 0.29) is 28.9 Å². The van der Waals surface area contributed by atoms with Crippen LogP contribution in [-0.4, -0.2) is 34.8 Å². The fourth-order valence-corrected chi connectivity index (χ4v) is 11.7. The van der Waals surface area contributed by atoms with E-state index in [2.05, 4.69) is 78.1 Å². The van der Waals surface area contributed by atoms with Crippen molar-refractivity contribution >= 4 is 35.1 Å². The molecule has 50 heavy (non-hydrogen) atoms. The Balaban J connectivity index is 1.10. The van der Waals surface area contributed by atoms with Gasteiger partial charge in [0, 0.05) is 40.9 Å². The van der Waals surface area contributed by atoms with Gasteiger partial charge < -0.3 is 25.0 Å². The van der Waals surface area contributed by atoms with Crippen LogP contribution in [0.2, 0.25) is 0 Å². The lowest BCUT2D eigenvalue weighted by atomic mass is 9.77. The van der Waals surface area contributed by atoms with Crippen molar-refractivity contribution in [3.05, 3.63) is 173 Å².